The molecule has 1 fully saturated rings. The number of aliphatic carboxylic acids is 1. The lowest BCUT2D eigenvalue weighted by atomic mass is 10.0. The quantitative estimate of drug-likeness (QED) is 0.548. The van der Waals surface area contributed by atoms with Gasteiger partial charge in [-0.1, -0.05) is 0 Å². The summed E-state index contributed by atoms with van der Waals surface area (Å²) in [5.74, 6) is -0.761. The lowest BCUT2D eigenvalue weighted by Crippen LogP contribution is -2.76. The molecule has 88 valence electrons. The fourth-order valence-corrected chi connectivity index (χ4v) is 4.21. The van der Waals surface area contributed by atoms with Crippen LogP contribution in [-0.4, -0.2) is 44.1 Å². The van der Waals surface area contributed by atoms with E-state index in [9.17, 15) is 9.59 Å². The molecular formula is C9H12N2O3S2. The molecule has 3 N–H and O–H groups in total. The van der Waals surface area contributed by atoms with Crippen molar-refractivity contribution in [1.29, 1.82) is 0 Å². The first-order valence-electron chi connectivity index (χ1n) is 4.65. The molecule has 1 unspecified atom stereocenters. The molecule has 1 amide bonds. The topological polar surface area (TPSA) is 83.6 Å². The molecule has 2 heterocycles. The summed E-state index contributed by atoms with van der Waals surface area (Å²) in [6.45, 7) is 1.73. The summed E-state index contributed by atoms with van der Waals surface area (Å²) in [5.41, 5.74) is 6.76. The zero-order valence-corrected chi connectivity index (χ0v) is 10.5. The van der Waals surface area contributed by atoms with E-state index in [4.69, 9.17) is 10.8 Å². The average Bonchev–Trinajstić information content (AvgIpc) is 2.26. The Labute approximate surface area is 101 Å². The number of carboxylic acid groups (broad SMARTS) is 1. The first-order chi connectivity index (χ1) is 7.43. The van der Waals surface area contributed by atoms with Crippen LogP contribution in [0.4, 0.5) is 0 Å². The van der Waals surface area contributed by atoms with Gasteiger partial charge in [0.1, 0.15) is 11.1 Å². The summed E-state index contributed by atoms with van der Waals surface area (Å²) < 4.78 is 0. The third kappa shape index (κ3) is 1.31. The Kier molecular flexibility index (Phi) is 2.72. The van der Waals surface area contributed by atoms with Gasteiger partial charge in [0.05, 0.1) is 0 Å². The van der Waals surface area contributed by atoms with Gasteiger partial charge >= 0.3 is 5.97 Å². The van der Waals surface area contributed by atoms with E-state index in [-0.39, 0.29) is 17.0 Å². The van der Waals surface area contributed by atoms with Crippen molar-refractivity contribution in [3.8, 4) is 0 Å². The number of hydrogen-bond donors (Lipinski definition) is 2. The van der Waals surface area contributed by atoms with E-state index >= 15 is 0 Å². The molecule has 0 aromatic heterocycles. The van der Waals surface area contributed by atoms with Crippen molar-refractivity contribution in [3.63, 3.8) is 0 Å². The molecule has 2 atom stereocenters. The Morgan fingerprint density at radius 1 is 1.75 bits per heavy atom. The van der Waals surface area contributed by atoms with Crippen LogP contribution in [0, 0.1) is 0 Å². The van der Waals surface area contributed by atoms with Crippen LogP contribution in [0.5, 0.6) is 0 Å². The van der Waals surface area contributed by atoms with Gasteiger partial charge in [-0.3, -0.25) is 9.69 Å². The molecule has 7 heteroatoms. The van der Waals surface area contributed by atoms with Gasteiger partial charge in [-0.25, -0.2) is 4.79 Å². The van der Waals surface area contributed by atoms with Crippen molar-refractivity contribution in [2.24, 2.45) is 5.73 Å². The molecule has 0 bridgehead atoms. The zero-order valence-electron chi connectivity index (χ0n) is 8.89. The molecule has 2 rings (SSSR count). The predicted octanol–water partition coefficient (Wildman–Crippen LogP) is 0.278. The van der Waals surface area contributed by atoms with Gasteiger partial charge in [0.25, 0.3) is 5.91 Å². The van der Waals surface area contributed by atoms with Gasteiger partial charge in [-0.15, -0.1) is 23.5 Å². The minimum Gasteiger partial charge on any atom is -0.477 e. The molecule has 2 aliphatic heterocycles. The van der Waals surface area contributed by atoms with Crippen LogP contribution in [0.25, 0.3) is 0 Å². The Morgan fingerprint density at radius 3 is 2.88 bits per heavy atom. The SMILES string of the molecule is CSC1(N)C(=O)N2C(C(=O)O)=C(C)CS[C@@H]21. The molecule has 16 heavy (non-hydrogen) atoms. The van der Waals surface area contributed by atoms with Gasteiger partial charge in [0.2, 0.25) is 0 Å². The van der Waals surface area contributed by atoms with E-state index < -0.39 is 10.8 Å². The van der Waals surface area contributed by atoms with E-state index in [1.807, 2.05) is 0 Å². The molecule has 1 saturated heterocycles. The van der Waals surface area contributed by atoms with Crippen molar-refractivity contribution in [2.75, 3.05) is 12.0 Å². The largest absolute Gasteiger partial charge is 0.477 e. The minimum atomic E-state index is -1.06. The number of carboxylic acids is 1. The number of carbonyl (C=O) groups is 2. The highest BCUT2D eigenvalue weighted by molar-refractivity contribution is 8.04. The van der Waals surface area contributed by atoms with Crippen LogP contribution >= 0.6 is 23.5 Å². The molecule has 5 nitrogen and oxygen atoms in total. The van der Waals surface area contributed by atoms with Crippen LogP contribution in [0.15, 0.2) is 11.3 Å². The van der Waals surface area contributed by atoms with Gasteiger partial charge in [0.15, 0.2) is 4.87 Å². The molecule has 0 aromatic carbocycles. The second-order valence-corrected chi connectivity index (χ2v) is 5.92. The van der Waals surface area contributed by atoms with Crippen LogP contribution in [-0.2, 0) is 9.59 Å². The number of nitrogens with zero attached hydrogens (tertiary/aromatic N) is 1. The lowest BCUT2D eigenvalue weighted by molar-refractivity contribution is -0.149. The summed E-state index contributed by atoms with van der Waals surface area (Å²) in [5, 5.41) is 8.82. The Bertz CT molecular complexity index is 410. The summed E-state index contributed by atoms with van der Waals surface area (Å²) in [6.07, 6.45) is 1.77. The third-order valence-electron chi connectivity index (χ3n) is 2.80. The maximum Gasteiger partial charge on any atom is 0.352 e. The number of thioether (sulfide) groups is 2. The predicted molar refractivity (Wildman–Crippen MR) is 63.9 cm³/mol. The van der Waals surface area contributed by atoms with Gasteiger partial charge in [0, 0.05) is 5.75 Å². The van der Waals surface area contributed by atoms with E-state index in [1.54, 1.807) is 13.2 Å². The number of carbonyl (C=O) groups excluding carboxylic acids is 1. The van der Waals surface area contributed by atoms with Gasteiger partial charge in [-0.05, 0) is 18.8 Å². The monoisotopic (exact) mass is 260 g/mol. The highest BCUT2D eigenvalue weighted by Gasteiger charge is 2.62. The maximum atomic E-state index is 11.9. The van der Waals surface area contributed by atoms with E-state index in [2.05, 4.69) is 0 Å². The maximum absolute atomic E-state index is 11.9. The van der Waals surface area contributed by atoms with Crippen LogP contribution in [0.3, 0.4) is 0 Å². The summed E-state index contributed by atoms with van der Waals surface area (Å²) >= 11 is 2.79. The number of nitrogens with two attached hydrogens (primary N) is 1. The van der Waals surface area contributed by atoms with Crippen molar-refractivity contribution in [2.45, 2.75) is 17.2 Å². The molecular weight excluding hydrogens is 248 g/mol. The smallest absolute Gasteiger partial charge is 0.352 e. The number of rotatable bonds is 2. The highest BCUT2D eigenvalue weighted by atomic mass is 32.2. The molecule has 2 aliphatic rings. The van der Waals surface area contributed by atoms with Crippen LogP contribution in [0.1, 0.15) is 6.92 Å². The fourth-order valence-electron chi connectivity index (χ4n) is 1.89. The third-order valence-corrected chi connectivity index (χ3v) is 5.52. The Hall–Kier alpha value is -0.660. The first-order valence-corrected chi connectivity index (χ1v) is 6.93. The standard InChI is InChI=1S/C9H12N2O3S2/c1-4-3-16-8-9(10,15-2)7(14)11(8)5(4)6(12)13/h8H,3,10H2,1-2H3,(H,12,13)/t8-,9?/m1/s1. The second-order valence-electron chi connectivity index (χ2n) is 3.77. The molecule has 0 aliphatic carbocycles. The summed E-state index contributed by atoms with van der Waals surface area (Å²) in [7, 11) is 0. The highest BCUT2D eigenvalue weighted by Crippen LogP contribution is 2.48. The number of hydrogen-bond acceptors (Lipinski definition) is 5. The molecule has 0 spiro atoms. The summed E-state index contributed by atoms with van der Waals surface area (Å²) in [4.78, 5) is 23.3. The van der Waals surface area contributed by atoms with Crippen LogP contribution in [0.2, 0.25) is 0 Å². The molecule has 0 aromatic rings. The zero-order chi connectivity index (χ0) is 12.1. The van der Waals surface area contributed by atoms with Gasteiger partial charge in [-0.2, -0.15) is 0 Å². The number of β-lactam (4-membered cyclic amide) rings is 1. The first kappa shape index (κ1) is 11.8. The van der Waals surface area contributed by atoms with Crippen molar-refractivity contribution in [1.82, 2.24) is 4.90 Å². The number of fused-ring (bicyclic) bond motifs is 1. The van der Waals surface area contributed by atoms with E-state index in [0.29, 0.717) is 11.3 Å². The molecule has 0 saturated carbocycles. The van der Waals surface area contributed by atoms with Crippen LogP contribution < -0.4 is 5.73 Å². The van der Waals surface area contributed by atoms with Crippen molar-refractivity contribution >= 4 is 35.4 Å². The van der Waals surface area contributed by atoms with Crippen molar-refractivity contribution < 1.29 is 14.7 Å². The number of amides is 1. The molecule has 0 radical (unpaired) electrons. The fraction of sp³-hybridized carbons (Fsp3) is 0.556. The second kappa shape index (κ2) is 3.68. The van der Waals surface area contributed by atoms with Gasteiger partial charge < -0.3 is 10.8 Å². The van der Waals surface area contributed by atoms with Crippen molar-refractivity contribution in [3.05, 3.63) is 11.3 Å². The lowest BCUT2D eigenvalue weighted by Gasteiger charge is -2.54. The van der Waals surface area contributed by atoms with E-state index in [0.717, 1.165) is 0 Å². The van der Waals surface area contributed by atoms with E-state index in [1.165, 1.54) is 28.4 Å². The average molecular weight is 260 g/mol. The Morgan fingerprint density at radius 2 is 2.38 bits per heavy atom. The normalized spacial score (nSPS) is 33.6. The summed E-state index contributed by atoms with van der Waals surface area (Å²) in [6, 6.07) is 0. The Balaban J connectivity index is 2.39. The minimum absolute atomic E-state index is 0.101.